The van der Waals surface area contributed by atoms with Crippen LogP contribution in [0, 0.1) is 0 Å². The Morgan fingerprint density at radius 3 is 3.21 bits per heavy atom. The van der Waals surface area contributed by atoms with Crippen molar-refractivity contribution in [3.8, 4) is 0 Å². The summed E-state index contributed by atoms with van der Waals surface area (Å²) in [5.41, 5.74) is 0. The fourth-order valence-corrected chi connectivity index (χ4v) is 3.46. The fraction of sp³-hybridized carbons (Fsp3) is 0.562. The van der Waals surface area contributed by atoms with Gasteiger partial charge in [0.2, 0.25) is 0 Å². The van der Waals surface area contributed by atoms with Crippen LogP contribution in [-0.4, -0.2) is 51.5 Å². The molecule has 1 saturated heterocycles. The first-order valence-electron chi connectivity index (χ1n) is 8.30. The molecule has 0 aliphatic carbocycles. The molecule has 1 fully saturated rings. The summed E-state index contributed by atoms with van der Waals surface area (Å²) in [5, 5.41) is 9.10. The van der Waals surface area contributed by atoms with Gasteiger partial charge >= 0.3 is 6.03 Å². The molecule has 0 aromatic carbocycles. The molecule has 3 rings (SSSR count). The summed E-state index contributed by atoms with van der Waals surface area (Å²) >= 11 is 1.67. The lowest BCUT2D eigenvalue weighted by molar-refractivity contribution is 0.0797. The van der Waals surface area contributed by atoms with Crippen LogP contribution in [0.15, 0.2) is 30.2 Å². The van der Waals surface area contributed by atoms with Gasteiger partial charge in [0, 0.05) is 31.1 Å². The highest BCUT2D eigenvalue weighted by molar-refractivity contribution is 7.09. The molecular weight excluding hydrogens is 326 g/mol. The lowest BCUT2D eigenvalue weighted by Gasteiger charge is -2.25. The number of aromatic nitrogens is 3. The number of amides is 2. The van der Waals surface area contributed by atoms with Crippen molar-refractivity contribution in [2.24, 2.45) is 0 Å². The van der Waals surface area contributed by atoms with Crippen LogP contribution in [0.1, 0.15) is 24.1 Å². The van der Waals surface area contributed by atoms with Crippen molar-refractivity contribution in [2.75, 3.05) is 19.7 Å². The quantitative estimate of drug-likeness (QED) is 0.741. The van der Waals surface area contributed by atoms with E-state index in [1.54, 1.807) is 22.3 Å². The van der Waals surface area contributed by atoms with Crippen LogP contribution in [0.4, 0.5) is 4.79 Å². The first-order chi connectivity index (χ1) is 11.8. The van der Waals surface area contributed by atoms with Gasteiger partial charge in [0.25, 0.3) is 0 Å². The molecule has 1 aliphatic rings. The largest absolute Gasteiger partial charge is 0.376 e. The predicted octanol–water partition coefficient (Wildman–Crippen LogP) is 2.12. The summed E-state index contributed by atoms with van der Waals surface area (Å²) in [6.45, 7) is 3.44. The van der Waals surface area contributed by atoms with Crippen LogP contribution < -0.4 is 5.32 Å². The number of hydrogen-bond acceptors (Lipinski definition) is 5. The smallest absolute Gasteiger partial charge is 0.317 e. The van der Waals surface area contributed by atoms with Crippen LogP contribution in [0.3, 0.4) is 0 Å². The third kappa shape index (κ3) is 5.04. The minimum absolute atomic E-state index is 0.0301. The number of rotatable bonds is 8. The number of hydrogen-bond donors (Lipinski definition) is 1. The highest BCUT2D eigenvalue weighted by atomic mass is 32.1. The molecule has 2 aromatic rings. The van der Waals surface area contributed by atoms with E-state index in [9.17, 15) is 4.79 Å². The molecule has 1 aliphatic heterocycles. The first-order valence-corrected chi connectivity index (χ1v) is 9.18. The van der Waals surface area contributed by atoms with Gasteiger partial charge in [-0.15, -0.1) is 11.3 Å². The monoisotopic (exact) mass is 349 g/mol. The number of carbonyl (C=O) groups is 1. The SMILES string of the molecule is O=C(NCCCn1cncn1)N(Cc1cccs1)CC1CCCO1. The molecule has 0 radical (unpaired) electrons. The average Bonchev–Trinajstić information content (AvgIpc) is 3.33. The Morgan fingerprint density at radius 2 is 2.50 bits per heavy atom. The van der Waals surface area contributed by atoms with Crippen LogP contribution in [0.25, 0.3) is 0 Å². The molecule has 1 atom stereocenters. The lowest BCUT2D eigenvalue weighted by Crippen LogP contribution is -2.43. The van der Waals surface area contributed by atoms with E-state index in [0.717, 1.165) is 32.4 Å². The van der Waals surface area contributed by atoms with Crippen molar-refractivity contribution in [1.29, 1.82) is 0 Å². The second-order valence-corrected chi connectivity index (χ2v) is 6.87. The third-order valence-corrected chi connectivity index (χ3v) is 4.83. The third-order valence-electron chi connectivity index (χ3n) is 3.97. The zero-order chi connectivity index (χ0) is 16.6. The molecule has 0 spiro atoms. The van der Waals surface area contributed by atoms with Gasteiger partial charge in [-0.3, -0.25) is 4.68 Å². The van der Waals surface area contributed by atoms with Crippen molar-refractivity contribution < 1.29 is 9.53 Å². The molecule has 1 unspecified atom stereocenters. The minimum atomic E-state index is -0.0301. The van der Waals surface area contributed by atoms with Gasteiger partial charge in [-0.2, -0.15) is 5.10 Å². The molecule has 8 heteroatoms. The van der Waals surface area contributed by atoms with Crippen molar-refractivity contribution in [1.82, 2.24) is 25.0 Å². The maximum Gasteiger partial charge on any atom is 0.317 e. The molecular formula is C16H23N5O2S. The highest BCUT2D eigenvalue weighted by Gasteiger charge is 2.22. The molecule has 24 heavy (non-hydrogen) atoms. The van der Waals surface area contributed by atoms with E-state index in [0.29, 0.717) is 19.6 Å². The fourth-order valence-electron chi connectivity index (χ4n) is 2.74. The maximum absolute atomic E-state index is 12.5. The zero-order valence-electron chi connectivity index (χ0n) is 13.6. The number of aryl methyl sites for hydroxylation is 1. The number of ether oxygens (including phenoxy) is 1. The molecule has 0 bridgehead atoms. The molecule has 3 heterocycles. The Kier molecular flexibility index (Phi) is 6.20. The normalized spacial score (nSPS) is 17.1. The summed E-state index contributed by atoms with van der Waals surface area (Å²) in [6.07, 6.45) is 6.29. The van der Waals surface area contributed by atoms with Crippen LogP contribution >= 0.6 is 11.3 Å². The number of urea groups is 1. The van der Waals surface area contributed by atoms with Gasteiger partial charge in [0.05, 0.1) is 12.6 Å². The van der Waals surface area contributed by atoms with E-state index >= 15 is 0 Å². The number of nitrogens with zero attached hydrogens (tertiary/aromatic N) is 4. The second kappa shape index (κ2) is 8.79. The Morgan fingerprint density at radius 1 is 1.54 bits per heavy atom. The molecule has 1 N–H and O–H groups in total. The molecule has 2 amide bonds. The molecule has 130 valence electrons. The van der Waals surface area contributed by atoms with Gasteiger partial charge in [0.15, 0.2) is 0 Å². The average molecular weight is 349 g/mol. The van der Waals surface area contributed by atoms with E-state index in [-0.39, 0.29) is 12.1 Å². The van der Waals surface area contributed by atoms with Crippen molar-refractivity contribution in [3.05, 3.63) is 35.0 Å². The Labute approximate surface area is 145 Å². The second-order valence-electron chi connectivity index (χ2n) is 5.84. The van der Waals surface area contributed by atoms with Crippen LogP contribution in [-0.2, 0) is 17.8 Å². The summed E-state index contributed by atoms with van der Waals surface area (Å²) in [7, 11) is 0. The standard InChI is InChI=1S/C16H23N5O2S/c22-16(18-6-3-7-21-13-17-12-19-21)20(10-14-4-1-8-23-14)11-15-5-2-9-24-15/h2,5,9,12-14H,1,3-4,6-8,10-11H2,(H,18,22). The van der Waals surface area contributed by atoms with E-state index in [1.807, 2.05) is 16.3 Å². The number of thiophene rings is 1. The van der Waals surface area contributed by atoms with E-state index in [2.05, 4.69) is 21.5 Å². The predicted molar refractivity (Wildman–Crippen MR) is 91.7 cm³/mol. The summed E-state index contributed by atoms with van der Waals surface area (Å²) in [6, 6.07) is 4.04. The Hall–Kier alpha value is -1.93. The maximum atomic E-state index is 12.5. The minimum Gasteiger partial charge on any atom is -0.376 e. The van der Waals surface area contributed by atoms with E-state index in [1.165, 1.54) is 11.2 Å². The number of carbonyl (C=O) groups excluding carboxylic acids is 1. The Balaban J connectivity index is 1.47. The van der Waals surface area contributed by atoms with Crippen molar-refractivity contribution >= 4 is 17.4 Å². The molecule has 0 saturated carbocycles. The molecule has 7 nitrogen and oxygen atoms in total. The van der Waals surface area contributed by atoms with Crippen molar-refractivity contribution in [3.63, 3.8) is 0 Å². The summed E-state index contributed by atoms with van der Waals surface area (Å²) < 4.78 is 7.46. The van der Waals surface area contributed by atoms with E-state index < -0.39 is 0 Å². The van der Waals surface area contributed by atoms with Crippen LogP contribution in [0.2, 0.25) is 0 Å². The highest BCUT2D eigenvalue weighted by Crippen LogP contribution is 2.17. The topological polar surface area (TPSA) is 72.3 Å². The summed E-state index contributed by atoms with van der Waals surface area (Å²) in [5.74, 6) is 0. The Bertz CT molecular complexity index is 596. The zero-order valence-corrected chi connectivity index (χ0v) is 14.5. The van der Waals surface area contributed by atoms with Gasteiger partial charge < -0.3 is 15.0 Å². The van der Waals surface area contributed by atoms with Crippen molar-refractivity contribution in [2.45, 2.75) is 38.5 Å². The van der Waals surface area contributed by atoms with Gasteiger partial charge in [-0.1, -0.05) is 6.07 Å². The van der Waals surface area contributed by atoms with Gasteiger partial charge in [-0.05, 0) is 30.7 Å². The van der Waals surface area contributed by atoms with Crippen LogP contribution in [0.5, 0.6) is 0 Å². The van der Waals surface area contributed by atoms with Gasteiger partial charge in [-0.25, -0.2) is 9.78 Å². The first kappa shape index (κ1) is 16.9. The summed E-state index contributed by atoms with van der Waals surface area (Å²) in [4.78, 5) is 19.5. The van der Waals surface area contributed by atoms with E-state index in [4.69, 9.17) is 4.74 Å². The van der Waals surface area contributed by atoms with Gasteiger partial charge in [0.1, 0.15) is 12.7 Å². The lowest BCUT2D eigenvalue weighted by atomic mass is 10.2. The number of nitrogens with one attached hydrogen (secondary N) is 1. The molecule has 2 aromatic heterocycles.